The number of ether oxygens (including phenoxy) is 1. The average molecular weight is 267 g/mol. The van der Waals surface area contributed by atoms with E-state index in [0.29, 0.717) is 12.0 Å². The van der Waals surface area contributed by atoms with Crippen LogP contribution in [0.25, 0.3) is 0 Å². The molecule has 19 heavy (non-hydrogen) atoms. The molecule has 3 aliphatic rings. The van der Waals surface area contributed by atoms with Crippen LogP contribution in [0.3, 0.4) is 0 Å². The Morgan fingerprint density at radius 2 is 2.05 bits per heavy atom. The second-order valence-electron chi connectivity index (χ2n) is 6.41. The van der Waals surface area contributed by atoms with Gasteiger partial charge in [-0.3, -0.25) is 4.90 Å². The van der Waals surface area contributed by atoms with Crippen molar-refractivity contribution in [1.29, 1.82) is 0 Å². The number of hydrogen-bond donors (Lipinski definition) is 1. The molecule has 0 bridgehead atoms. The summed E-state index contributed by atoms with van der Waals surface area (Å²) < 4.78 is 5.68. The lowest BCUT2D eigenvalue weighted by Crippen LogP contribution is -2.44. The first-order valence-electron chi connectivity index (χ1n) is 8.14. The molecule has 4 heteroatoms. The third kappa shape index (κ3) is 3.30. The number of fused-ring (bicyclic) bond motifs is 1. The summed E-state index contributed by atoms with van der Waals surface area (Å²) in [4.78, 5) is 5.42. The van der Waals surface area contributed by atoms with Gasteiger partial charge in [0.2, 0.25) is 0 Å². The Bertz CT molecular complexity index is 287. The number of rotatable bonds is 4. The van der Waals surface area contributed by atoms with Gasteiger partial charge in [-0.25, -0.2) is 0 Å². The predicted octanol–water partition coefficient (Wildman–Crippen LogP) is 0.781. The second kappa shape index (κ2) is 6.53. The zero-order valence-corrected chi connectivity index (χ0v) is 12.3. The van der Waals surface area contributed by atoms with Crippen LogP contribution in [0.15, 0.2) is 0 Å². The van der Waals surface area contributed by atoms with Crippen LogP contribution in [0.5, 0.6) is 0 Å². The summed E-state index contributed by atoms with van der Waals surface area (Å²) in [5.74, 6) is 0.688. The van der Waals surface area contributed by atoms with Gasteiger partial charge in [0.05, 0.1) is 13.2 Å². The highest BCUT2D eigenvalue weighted by molar-refractivity contribution is 4.88. The molecule has 3 heterocycles. The fraction of sp³-hybridized carbons (Fsp3) is 1.00. The number of likely N-dealkylation sites (N-methyl/N-ethyl adjacent to an activating group) is 1. The Hall–Kier alpha value is -0.160. The molecule has 3 unspecified atom stereocenters. The molecule has 110 valence electrons. The molecule has 0 aromatic carbocycles. The lowest BCUT2D eigenvalue weighted by atomic mass is 10.0. The highest BCUT2D eigenvalue weighted by atomic mass is 16.5. The number of nitrogens with one attached hydrogen (secondary N) is 1. The molecule has 0 aromatic heterocycles. The van der Waals surface area contributed by atoms with E-state index in [0.717, 1.165) is 25.8 Å². The minimum atomic E-state index is 0.577. The molecule has 0 spiro atoms. The first kappa shape index (κ1) is 13.8. The number of hydrogen-bond acceptors (Lipinski definition) is 4. The van der Waals surface area contributed by atoms with Crippen LogP contribution in [-0.2, 0) is 4.74 Å². The molecular weight excluding hydrogens is 238 g/mol. The van der Waals surface area contributed by atoms with Gasteiger partial charge >= 0.3 is 0 Å². The highest BCUT2D eigenvalue weighted by Gasteiger charge is 2.33. The van der Waals surface area contributed by atoms with Gasteiger partial charge in [0.1, 0.15) is 0 Å². The summed E-state index contributed by atoms with van der Waals surface area (Å²) >= 11 is 0. The third-order valence-electron chi connectivity index (χ3n) is 5.05. The van der Waals surface area contributed by atoms with Crippen molar-refractivity contribution in [3.63, 3.8) is 0 Å². The topological polar surface area (TPSA) is 27.7 Å². The van der Waals surface area contributed by atoms with E-state index in [2.05, 4.69) is 22.0 Å². The molecule has 1 N–H and O–H groups in total. The van der Waals surface area contributed by atoms with Gasteiger partial charge in [0, 0.05) is 31.1 Å². The maximum absolute atomic E-state index is 5.68. The maximum Gasteiger partial charge on any atom is 0.0623 e. The van der Waals surface area contributed by atoms with Crippen molar-refractivity contribution in [3.8, 4) is 0 Å². The molecule has 3 rings (SSSR count). The highest BCUT2D eigenvalue weighted by Crippen LogP contribution is 2.23. The Labute approximate surface area is 117 Å². The average Bonchev–Trinajstić information content (AvgIpc) is 2.97. The summed E-state index contributed by atoms with van der Waals surface area (Å²) in [6.45, 7) is 11.5. The van der Waals surface area contributed by atoms with Gasteiger partial charge in [-0.2, -0.15) is 0 Å². The van der Waals surface area contributed by atoms with E-state index in [-0.39, 0.29) is 0 Å². The van der Waals surface area contributed by atoms with Crippen molar-refractivity contribution in [2.45, 2.75) is 38.3 Å². The zero-order valence-electron chi connectivity index (χ0n) is 12.3. The van der Waals surface area contributed by atoms with Crippen LogP contribution in [0.4, 0.5) is 0 Å². The summed E-state index contributed by atoms with van der Waals surface area (Å²) in [6.07, 6.45) is 4.16. The lowest BCUT2D eigenvalue weighted by molar-refractivity contribution is 0.161. The normalized spacial score (nSPS) is 37.4. The molecule has 0 aromatic rings. The van der Waals surface area contributed by atoms with Crippen molar-refractivity contribution in [1.82, 2.24) is 15.1 Å². The molecular formula is C15H29N3O. The summed E-state index contributed by atoms with van der Waals surface area (Å²) in [5.41, 5.74) is 0. The van der Waals surface area contributed by atoms with Gasteiger partial charge < -0.3 is 15.0 Å². The van der Waals surface area contributed by atoms with Crippen molar-refractivity contribution in [2.24, 2.45) is 5.92 Å². The van der Waals surface area contributed by atoms with Crippen molar-refractivity contribution < 1.29 is 4.74 Å². The van der Waals surface area contributed by atoms with Crippen molar-refractivity contribution in [3.05, 3.63) is 0 Å². The maximum atomic E-state index is 5.68. The van der Waals surface area contributed by atoms with Gasteiger partial charge in [0.15, 0.2) is 0 Å². The second-order valence-corrected chi connectivity index (χ2v) is 6.41. The summed E-state index contributed by atoms with van der Waals surface area (Å²) in [7, 11) is 0. The third-order valence-corrected chi connectivity index (χ3v) is 5.05. The van der Waals surface area contributed by atoms with Crippen LogP contribution in [-0.4, -0.2) is 74.4 Å². The van der Waals surface area contributed by atoms with Crippen molar-refractivity contribution in [2.75, 3.05) is 52.5 Å². The van der Waals surface area contributed by atoms with Crippen LogP contribution >= 0.6 is 0 Å². The first-order chi connectivity index (χ1) is 9.36. The molecule has 0 amide bonds. The largest absolute Gasteiger partial charge is 0.379 e. The van der Waals surface area contributed by atoms with Crippen LogP contribution in [0, 0.1) is 5.92 Å². The molecule has 4 nitrogen and oxygen atoms in total. The Kier molecular flexibility index (Phi) is 4.74. The molecule has 3 atom stereocenters. The van der Waals surface area contributed by atoms with Crippen LogP contribution in [0.1, 0.15) is 26.2 Å². The van der Waals surface area contributed by atoms with E-state index in [4.69, 9.17) is 4.74 Å². The molecule has 3 saturated heterocycles. The molecule has 0 saturated carbocycles. The zero-order chi connectivity index (χ0) is 13.1. The smallest absolute Gasteiger partial charge is 0.0623 e. The van der Waals surface area contributed by atoms with Crippen LogP contribution in [0.2, 0.25) is 0 Å². The minimum absolute atomic E-state index is 0.577. The Morgan fingerprint density at radius 1 is 1.16 bits per heavy atom. The fourth-order valence-corrected chi connectivity index (χ4v) is 4.05. The minimum Gasteiger partial charge on any atom is -0.379 e. The predicted molar refractivity (Wildman–Crippen MR) is 77.4 cm³/mol. The van der Waals surface area contributed by atoms with E-state index >= 15 is 0 Å². The SMILES string of the molecule is CCNC1COCC1CN1CCCN2CCCC2C1. The van der Waals surface area contributed by atoms with E-state index in [1.165, 1.54) is 52.0 Å². The van der Waals surface area contributed by atoms with Gasteiger partial charge in [0.25, 0.3) is 0 Å². The quantitative estimate of drug-likeness (QED) is 0.815. The standard InChI is InChI=1S/C15H29N3O/c1-2-16-15-12-19-11-13(15)9-17-6-4-8-18-7-3-5-14(18)10-17/h13-16H,2-12H2,1H3. The molecule has 0 radical (unpaired) electrons. The number of nitrogens with zero attached hydrogens (tertiary/aromatic N) is 2. The lowest BCUT2D eigenvalue weighted by Gasteiger charge is -2.29. The summed E-state index contributed by atoms with van der Waals surface area (Å²) in [6, 6.07) is 1.41. The molecule has 3 fully saturated rings. The van der Waals surface area contributed by atoms with Crippen LogP contribution < -0.4 is 5.32 Å². The Morgan fingerprint density at radius 3 is 2.95 bits per heavy atom. The van der Waals surface area contributed by atoms with Gasteiger partial charge in [-0.1, -0.05) is 6.92 Å². The van der Waals surface area contributed by atoms with E-state index in [9.17, 15) is 0 Å². The van der Waals surface area contributed by atoms with E-state index in [1.54, 1.807) is 0 Å². The van der Waals surface area contributed by atoms with E-state index < -0.39 is 0 Å². The van der Waals surface area contributed by atoms with Crippen molar-refractivity contribution >= 4 is 0 Å². The molecule has 3 aliphatic heterocycles. The van der Waals surface area contributed by atoms with Gasteiger partial charge in [-0.05, 0) is 45.4 Å². The first-order valence-corrected chi connectivity index (χ1v) is 8.14. The molecule has 0 aliphatic carbocycles. The van der Waals surface area contributed by atoms with E-state index in [1.807, 2.05) is 0 Å². The monoisotopic (exact) mass is 267 g/mol. The summed E-state index contributed by atoms with van der Waals surface area (Å²) in [5, 5.41) is 3.58. The van der Waals surface area contributed by atoms with Gasteiger partial charge in [-0.15, -0.1) is 0 Å². The Balaban J connectivity index is 1.53. The fourth-order valence-electron chi connectivity index (χ4n) is 4.05.